The number of hydrogen-bond donors (Lipinski definition) is 0. The molecule has 0 amide bonds. The van der Waals surface area contributed by atoms with E-state index in [9.17, 15) is 0 Å². The Hall–Kier alpha value is -7.82. The fraction of sp³-hybridized carbons (Fsp3) is 0. The molecule has 0 aliphatic heterocycles. The highest BCUT2D eigenvalue weighted by Crippen LogP contribution is 2.50. The van der Waals surface area contributed by atoms with Crippen molar-refractivity contribution in [1.29, 1.82) is 0 Å². The van der Waals surface area contributed by atoms with Crippen LogP contribution in [-0.2, 0) is 0 Å². The topological polar surface area (TPSA) is 34.5 Å². The molecule has 0 fully saturated rings. The Labute approximate surface area is 334 Å². The molecule has 272 valence electrons. The van der Waals surface area contributed by atoms with Crippen LogP contribution in [0.15, 0.2) is 215 Å². The van der Waals surface area contributed by atoms with Crippen molar-refractivity contribution in [2.75, 3.05) is 4.90 Å². The lowest BCUT2D eigenvalue weighted by molar-refractivity contribution is 0.667. The maximum absolute atomic E-state index is 7.01. The largest absolute Gasteiger partial charge is 0.456 e. The zero-order chi connectivity index (χ0) is 38.2. The third kappa shape index (κ3) is 4.95. The van der Waals surface area contributed by atoms with Gasteiger partial charge in [0.2, 0.25) is 0 Å². The summed E-state index contributed by atoms with van der Waals surface area (Å²) >= 11 is 0. The van der Waals surface area contributed by atoms with Gasteiger partial charge in [0.1, 0.15) is 16.7 Å². The summed E-state index contributed by atoms with van der Waals surface area (Å²) in [5.41, 5.74) is 14.2. The van der Waals surface area contributed by atoms with E-state index >= 15 is 0 Å². The van der Waals surface area contributed by atoms with Crippen LogP contribution in [0.3, 0.4) is 0 Å². The van der Waals surface area contributed by atoms with Crippen molar-refractivity contribution >= 4 is 82.7 Å². The Morgan fingerprint density at radius 1 is 0.362 bits per heavy atom. The van der Waals surface area contributed by atoms with E-state index in [4.69, 9.17) is 8.83 Å². The van der Waals surface area contributed by atoms with Gasteiger partial charge in [0.25, 0.3) is 0 Å². The van der Waals surface area contributed by atoms with Crippen LogP contribution in [0.25, 0.3) is 93.6 Å². The second-order valence-electron chi connectivity index (χ2n) is 14.9. The van der Waals surface area contributed by atoms with Crippen molar-refractivity contribution in [3.8, 4) is 27.9 Å². The Bertz CT molecular complexity index is 3500. The molecule has 0 spiro atoms. The third-order valence-electron chi connectivity index (χ3n) is 11.6. The standard InChI is InChI=1S/C54H34N2O2/c1-3-14-35(15-4-1)36-26-28-38(29-27-36)55(39-30-31-43-41-19-8-11-24-49(41)57-51(43)34-39)53-46(32-33-47-42-20-9-12-25-50(42)58-54(47)53)45-22-13-21-44-40-18-7-10-23-48(40)56(52(44)45)37-16-5-2-6-17-37/h1-34H. The van der Waals surface area contributed by atoms with E-state index in [1.165, 1.54) is 16.3 Å². The molecule has 3 aromatic heterocycles. The van der Waals surface area contributed by atoms with Gasteiger partial charge in [-0.1, -0.05) is 140 Å². The fourth-order valence-corrected chi connectivity index (χ4v) is 8.99. The van der Waals surface area contributed by atoms with Gasteiger partial charge >= 0.3 is 0 Å². The number of fused-ring (bicyclic) bond motifs is 9. The number of anilines is 3. The van der Waals surface area contributed by atoms with Gasteiger partial charge in [-0.3, -0.25) is 0 Å². The monoisotopic (exact) mass is 742 g/mol. The zero-order valence-electron chi connectivity index (χ0n) is 31.3. The highest BCUT2D eigenvalue weighted by atomic mass is 16.3. The number of para-hydroxylation sites is 5. The summed E-state index contributed by atoms with van der Waals surface area (Å²) in [6, 6.07) is 73.1. The van der Waals surface area contributed by atoms with Crippen LogP contribution >= 0.6 is 0 Å². The van der Waals surface area contributed by atoms with Gasteiger partial charge < -0.3 is 18.3 Å². The van der Waals surface area contributed by atoms with Crippen molar-refractivity contribution in [2.45, 2.75) is 0 Å². The SMILES string of the molecule is c1ccc(-c2ccc(N(c3ccc4c(c3)oc3ccccc34)c3c(-c4cccc5c6ccccc6n(-c6ccccc6)c45)ccc4c3oc3ccccc34)cc2)cc1. The number of furan rings is 2. The second-order valence-corrected chi connectivity index (χ2v) is 14.9. The van der Waals surface area contributed by atoms with E-state index in [1.54, 1.807) is 0 Å². The Balaban J connectivity index is 1.20. The van der Waals surface area contributed by atoms with Gasteiger partial charge in [-0.25, -0.2) is 0 Å². The first-order chi connectivity index (χ1) is 28.8. The van der Waals surface area contributed by atoms with Crippen molar-refractivity contribution < 1.29 is 8.83 Å². The zero-order valence-corrected chi connectivity index (χ0v) is 31.3. The lowest BCUT2D eigenvalue weighted by Crippen LogP contribution is -2.12. The Morgan fingerprint density at radius 2 is 0.948 bits per heavy atom. The van der Waals surface area contributed by atoms with E-state index in [2.05, 4.69) is 198 Å². The average Bonchev–Trinajstić information content (AvgIpc) is 3.97. The smallest absolute Gasteiger partial charge is 0.160 e. The van der Waals surface area contributed by atoms with Gasteiger partial charge in [-0.05, 0) is 71.8 Å². The summed E-state index contributed by atoms with van der Waals surface area (Å²) in [5.74, 6) is 0. The molecule has 0 radical (unpaired) electrons. The van der Waals surface area contributed by atoms with Crippen LogP contribution in [0.1, 0.15) is 0 Å². The molecule has 0 unspecified atom stereocenters. The molecule has 4 heteroatoms. The lowest BCUT2D eigenvalue weighted by atomic mass is 9.96. The summed E-state index contributed by atoms with van der Waals surface area (Å²) in [6.45, 7) is 0. The highest BCUT2D eigenvalue weighted by molar-refractivity contribution is 6.19. The number of benzene rings is 9. The molecule has 12 aromatic rings. The van der Waals surface area contributed by atoms with Gasteiger partial charge in [0.05, 0.1) is 22.4 Å². The fourth-order valence-electron chi connectivity index (χ4n) is 8.99. The highest BCUT2D eigenvalue weighted by Gasteiger charge is 2.27. The number of aromatic nitrogens is 1. The first-order valence-corrected chi connectivity index (χ1v) is 19.7. The third-order valence-corrected chi connectivity index (χ3v) is 11.6. The van der Waals surface area contributed by atoms with Gasteiger partial charge in [0, 0.05) is 60.9 Å². The summed E-state index contributed by atoms with van der Waals surface area (Å²) in [7, 11) is 0. The molecule has 9 aromatic carbocycles. The maximum Gasteiger partial charge on any atom is 0.160 e. The van der Waals surface area contributed by atoms with Gasteiger partial charge in [-0.2, -0.15) is 0 Å². The minimum absolute atomic E-state index is 0.815. The average molecular weight is 743 g/mol. The molecule has 58 heavy (non-hydrogen) atoms. The van der Waals surface area contributed by atoms with Crippen molar-refractivity contribution in [1.82, 2.24) is 4.57 Å². The molecule has 12 rings (SSSR count). The summed E-state index contributed by atoms with van der Waals surface area (Å²) in [5, 5.41) is 6.71. The minimum Gasteiger partial charge on any atom is -0.456 e. The maximum atomic E-state index is 7.01. The molecule has 0 saturated heterocycles. The van der Waals surface area contributed by atoms with E-state index in [-0.39, 0.29) is 0 Å². The molecule has 0 aliphatic rings. The van der Waals surface area contributed by atoms with Crippen LogP contribution < -0.4 is 4.90 Å². The van der Waals surface area contributed by atoms with Gasteiger partial charge in [0.15, 0.2) is 5.58 Å². The summed E-state index contributed by atoms with van der Waals surface area (Å²) in [4.78, 5) is 2.36. The van der Waals surface area contributed by atoms with E-state index in [1.807, 2.05) is 18.2 Å². The van der Waals surface area contributed by atoms with Crippen LogP contribution in [0.2, 0.25) is 0 Å². The minimum atomic E-state index is 0.815. The first-order valence-electron chi connectivity index (χ1n) is 19.7. The summed E-state index contributed by atoms with van der Waals surface area (Å²) < 4.78 is 16.0. The van der Waals surface area contributed by atoms with Crippen LogP contribution in [0.4, 0.5) is 17.1 Å². The summed E-state index contributed by atoms with van der Waals surface area (Å²) in [6.07, 6.45) is 0. The second kappa shape index (κ2) is 12.9. The lowest BCUT2D eigenvalue weighted by Gasteiger charge is -2.28. The number of rotatable bonds is 6. The molecule has 4 nitrogen and oxygen atoms in total. The van der Waals surface area contributed by atoms with Crippen LogP contribution in [0.5, 0.6) is 0 Å². The molecular formula is C54H34N2O2. The number of nitrogens with zero attached hydrogens (tertiary/aromatic N) is 2. The van der Waals surface area contributed by atoms with Gasteiger partial charge in [-0.15, -0.1) is 0 Å². The van der Waals surface area contributed by atoms with E-state index in [0.717, 1.165) is 94.4 Å². The normalized spacial score (nSPS) is 11.8. The predicted octanol–water partition coefficient (Wildman–Crippen LogP) is 15.4. The Kier molecular flexibility index (Phi) is 7.20. The van der Waals surface area contributed by atoms with Crippen LogP contribution in [0, 0.1) is 0 Å². The molecule has 0 saturated carbocycles. The molecule has 0 aliphatic carbocycles. The molecular weight excluding hydrogens is 709 g/mol. The van der Waals surface area contributed by atoms with E-state index in [0.29, 0.717) is 0 Å². The predicted molar refractivity (Wildman–Crippen MR) is 241 cm³/mol. The molecule has 0 bridgehead atoms. The molecule has 3 heterocycles. The van der Waals surface area contributed by atoms with Crippen molar-refractivity contribution in [2.24, 2.45) is 0 Å². The first kappa shape index (κ1) is 32.4. The van der Waals surface area contributed by atoms with Crippen LogP contribution in [-0.4, -0.2) is 4.57 Å². The number of hydrogen-bond acceptors (Lipinski definition) is 3. The molecule has 0 atom stereocenters. The Morgan fingerprint density at radius 3 is 1.74 bits per heavy atom. The quantitative estimate of drug-likeness (QED) is 0.170. The van der Waals surface area contributed by atoms with E-state index < -0.39 is 0 Å². The van der Waals surface area contributed by atoms with Crippen molar-refractivity contribution in [3.05, 3.63) is 206 Å². The molecule has 0 N–H and O–H groups in total. The van der Waals surface area contributed by atoms with Crippen molar-refractivity contribution in [3.63, 3.8) is 0 Å².